The Labute approximate surface area is 95.7 Å². The number of rotatable bonds is 1. The minimum absolute atomic E-state index is 0.0211. The Balaban J connectivity index is 2.27. The summed E-state index contributed by atoms with van der Waals surface area (Å²) in [6.07, 6.45) is 1.54. The molecule has 0 bridgehead atoms. The lowest BCUT2D eigenvalue weighted by atomic mass is 9.80. The summed E-state index contributed by atoms with van der Waals surface area (Å²) in [4.78, 5) is 3.73. The number of nitrogens with zero attached hydrogens (tertiary/aromatic N) is 1. The maximum absolute atomic E-state index is 9.31. The van der Waals surface area contributed by atoms with Gasteiger partial charge in [0.05, 0.1) is 11.2 Å². The molecular weight excluding hydrogens is 205 g/mol. The first-order valence-corrected chi connectivity index (χ1v) is 5.32. The molecule has 0 aromatic carbocycles. The molecule has 1 aliphatic rings. The van der Waals surface area contributed by atoms with Crippen LogP contribution in [0.4, 0.5) is 0 Å². The lowest BCUT2D eigenvalue weighted by molar-refractivity contribution is 0.00578. The summed E-state index contributed by atoms with van der Waals surface area (Å²) in [6, 6.07) is 3.34. The van der Waals surface area contributed by atoms with Gasteiger partial charge in [-0.05, 0) is 45.3 Å². The second-order valence-electron chi connectivity index (χ2n) is 5.04. The summed E-state index contributed by atoms with van der Waals surface area (Å²) in [5.74, 6) is -0.0211. The molecule has 0 spiro atoms. The van der Waals surface area contributed by atoms with E-state index in [1.54, 1.807) is 12.1 Å². The van der Waals surface area contributed by atoms with Crippen molar-refractivity contribution >= 4 is 12.6 Å². The fourth-order valence-electron chi connectivity index (χ4n) is 1.56. The number of hydrogen-bond acceptors (Lipinski definition) is 4. The van der Waals surface area contributed by atoms with Crippen molar-refractivity contribution < 1.29 is 14.4 Å². The molecule has 86 valence electrons. The van der Waals surface area contributed by atoms with E-state index in [4.69, 9.17) is 9.31 Å². The molecule has 1 aliphatic heterocycles. The van der Waals surface area contributed by atoms with E-state index in [0.717, 1.165) is 5.46 Å². The van der Waals surface area contributed by atoms with E-state index in [0.29, 0.717) is 0 Å². The molecular formula is C11H16BNO3. The second-order valence-corrected chi connectivity index (χ2v) is 5.04. The first kappa shape index (κ1) is 11.4. The molecule has 1 aromatic heterocycles. The zero-order valence-corrected chi connectivity index (χ0v) is 10.0. The molecule has 1 fully saturated rings. The zero-order chi connectivity index (χ0) is 12.0. The average molecular weight is 221 g/mol. The smallest absolute Gasteiger partial charge is 0.493 e. The highest BCUT2D eigenvalue weighted by molar-refractivity contribution is 6.62. The van der Waals surface area contributed by atoms with E-state index < -0.39 is 7.12 Å². The van der Waals surface area contributed by atoms with E-state index >= 15 is 0 Å². The van der Waals surface area contributed by atoms with E-state index in [1.165, 1.54) is 6.20 Å². The predicted octanol–water partition coefficient (Wildman–Crippen LogP) is 1.09. The normalized spacial score (nSPS) is 22.4. The van der Waals surface area contributed by atoms with E-state index in [2.05, 4.69) is 4.98 Å². The first-order chi connectivity index (χ1) is 7.32. The van der Waals surface area contributed by atoms with Gasteiger partial charge in [-0.3, -0.25) is 0 Å². The maximum atomic E-state index is 9.31. The molecule has 2 rings (SSSR count). The van der Waals surface area contributed by atoms with Crippen molar-refractivity contribution in [1.82, 2.24) is 4.98 Å². The van der Waals surface area contributed by atoms with E-state index in [9.17, 15) is 5.11 Å². The van der Waals surface area contributed by atoms with Crippen LogP contribution in [0.25, 0.3) is 0 Å². The van der Waals surface area contributed by atoms with Gasteiger partial charge >= 0.3 is 7.12 Å². The third-order valence-corrected chi connectivity index (χ3v) is 3.29. The summed E-state index contributed by atoms with van der Waals surface area (Å²) in [6.45, 7) is 7.98. The third kappa shape index (κ3) is 1.81. The largest absolute Gasteiger partial charge is 0.495 e. The Hall–Kier alpha value is -1.07. The lowest BCUT2D eigenvalue weighted by Gasteiger charge is -2.32. The molecule has 0 radical (unpaired) electrons. The Kier molecular flexibility index (Phi) is 2.47. The SMILES string of the molecule is CC1(C)OB(c2ccnc(O)c2)OC1(C)C. The van der Waals surface area contributed by atoms with Crippen LogP contribution in [-0.2, 0) is 9.31 Å². The predicted molar refractivity (Wildman–Crippen MR) is 61.6 cm³/mol. The molecule has 0 aliphatic carbocycles. The van der Waals surface area contributed by atoms with Gasteiger partial charge in [-0.15, -0.1) is 0 Å². The van der Waals surface area contributed by atoms with Crippen LogP contribution >= 0.6 is 0 Å². The highest BCUT2D eigenvalue weighted by atomic mass is 16.7. The van der Waals surface area contributed by atoms with Crippen LogP contribution in [0.2, 0.25) is 0 Å². The third-order valence-electron chi connectivity index (χ3n) is 3.29. The number of pyridine rings is 1. The lowest BCUT2D eigenvalue weighted by Crippen LogP contribution is -2.41. The Morgan fingerprint density at radius 3 is 2.25 bits per heavy atom. The van der Waals surface area contributed by atoms with Gasteiger partial charge in [0, 0.05) is 6.20 Å². The van der Waals surface area contributed by atoms with Gasteiger partial charge in [0.25, 0.3) is 0 Å². The van der Waals surface area contributed by atoms with Gasteiger partial charge in [0.2, 0.25) is 5.88 Å². The molecule has 1 N–H and O–H groups in total. The molecule has 4 nitrogen and oxygen atoms in total. The van der Waals surface area contributed by atoms with Crippen LogP contribution in [0, 0.1) is 0 Å². The molecule has 0 unspecified atom stereocenters. The fraction of sp³-hybridized carbons (Fsp3) is 0.545. The van der Waals surface area contributed by atoms with Crippen LogP contribution in [0.15, 0.2) is 18.3 Å². The number of hydrogen-bond donors (Lipinski definition) is 1. The molecule has 1 aromatic rings. The summed E-state index contributed by atoms with van der Waals surface area (Å²) >= 11 is 0. The minimum atomic E-state index is -0.445. The molecule has 5 heteroatoms. The summed E-state index contributed by atoms with van der Waals surface area (Å²) < 4.78 is 11.7. The Morgan fingerprint density at radius 2 is 1.75 bits per heavy atom. The molecule has 0 saturated carbocycles. The van der Waals surface area contributed by atoms with Crippen molar-refractivity contribution in [3.05, 3.63) is 18.3 Å². The molecule has 16 heavy (non-hydrogen) atoms. The van der Waals surface area contributed by atoms with Crippen LogP contribution in [0.3, 0.4) is 0 Å². The van der Waals surface area contributed by atoms with Crippen LogP contribution in [-0.4, -0.2) is 28.4 Å². The molecule has 2 heterocycles. The van der Waals surface area contributed by atoms with Gasteiger partial charge in [0.1, 0.15) is 0 Å². The number of aromatic nitrogens is 1. The number of aromatic hydroxyl groups is 1. The van der Waals surface area contributed by atoms with Crippen LogP contribution < -0.4 is 5.46 Å². The molecule has 0 atom stereocenters. The highest BCUT2D eigenvalue weighted by Crippen LogP contribution is 2.36. The monoisotopic (exact) mass is 221 g/mol. The van der Waals surface area contributed by atoms with Crippen molar-refractivity contribution in [3.63, 3.8) is 0 Å². The quantitative estimate of drug-likeness (QED) is 0.721. The molecule has 1 saturated heterocycles. The van der Waals surface area contributed by atoms with Gasteiger partial charge in [0.15, 0.2) is 0 Å². The summed E-state index contributed by atoms with van der Waals surface area (Å²) in [7, 11) is -0.445. The second kappa shape index (κ2) is 3.47. The Bertz CT molecular complexity index is 390. The highest BCUT2D eigenvalue weighted by Gasteiger charge is 2.51. The van der Waals surface area contributed by atoms with Gasteiger partial charge in [-0.1, -0.05) is 0 Å². The fourth-order valence-corrected chi connectivity index (χ4v) is 1.56. The maximum Gasteiger partial charge on any atom is 0.495 e. The summed E-state index contributed by atoms with van der Waals surface area (Å²) in [5.41, 5.74) is 0.0544. The minimum Gasteiger partial charge on any atom is -0.493 e. The van der Waals surface area contributed by atoms with Crippen molar-refractivity contribution in [2.75, 3.05) is 0 Å². The standard InChI is InChI=1S/C11H16BNO3/c1-10(2)11(3,4)16-12(15-10)8-5-6-13-9(14)7-8/h5-7H,1-4H3,(H,13,14). The average Bonchev–Trinajstić information content (AvgIpc) is 2.36. The zero-order valence-electron chi connectivity index (χ0n) is 10.0. The topological polar surface area (TPSA) is 51.6 Å². The van der Waals surface area contributed by atoms with E-state index in [1.807, 2.05) is 27.7 Å². The van der Waals surface area contributed by atoms with E-state index in [-0.39, 0.29) is 17.1 Å². The van der Waals surface area contributed by atoms with Crippen molar-refractivity contribution in [3.8, 4) is 5.88 Å². The van der Waals surface area contributed by atoms with Gasteiger partial charge < -0.3 is 14.4 Å². The Morgan fingerprint density at radius 1 is 1.19 bits per heavy atom. The van der Waals surface area contributed by atoms with Crippen LogP contribution in [0.1, 0.15) is 27.7 Å². The van der Waals surface area contributed by atoms with Crippen molar-refractivity contribution in [2.45, 2.75) is 38.9 Å². The van der Waals surface area contributed by atoms with Crippen molar-refractivity contribution in [2.24, 2.45) is 0 Å². The van der Waals surface area contributed by atoms with Gasteiger partial charge in [-0.25, -0.2) is 4.98 Å². The first-order valence-electron chi connectivity index (χ1n) is 5.32. The summed E-state index contributed by atoms with van der Waals surface area (Å²) in [5, 5.41) is 9.31. The van der Waals surface area contributed by atoms with Gasteiger partial charge in [-0.2, -0.15) is 0 Å². The van der Waals surface area contributed by atoms with Crippen LogP contribution in [0.5, 0.6) is 5.88 Å². The van der Waals surface area contributed by atoms with Crippen molar-refractivity contribution in [1.29, 1.82) is 0 Å². The molecule has 0 amide bonds.